The van der Waals surface area contributed by atoms with Gasteiger partial charge in [-0.25, -0.2) is 14.8 Å². The summed E-state index contributed by atoms with van der Waals surface area (Å²) < 4.78 is 0. The normalized spacial score (nSPS) is 16.5. The van der Waals surface area contributed by atoms with Gasteiger partial charge in [0.15, 0.2) is 5.96 Å². The fourth-order valence-electron chi connectivity index (χ4n) is 15.7. The lowest BCUT2D eigenvalue weighted by atomic mass is 10.0. The summed E-state index contributed by atoms with van der Waals surface area (Å²) in [4.78, 5) is 241. The Morgan fingerprint density at radius 2 is 0.807 bits per heavy atom. The number of fused-ring (bicyclic) bond motifs is 1. The molecular formula is C89H158N28O17S. The molecule has 2 fully saturated rings. The molecule has 135 heavy (non-hydrogen) atoms. The number of hydrogen-bond acceptors (Lipinski definition) is 25. The smallest absolute Gasteiger partial charge is 0.315 e. The van der Waals surface area contributed by atoms with Crippen LogP contribution in [0, 0.1) is 5.92 Å². The van der Waals surface area contributed by atoms with Crippen LogP contribution >= 0.6 is 11.8 Å². The highest BCUT2D eigenvalue weighted by Gasteiger charge is 2.43. The molecule has 0 aromatic carbocycles. The number of nitrogens with two attached hydrogens (primary N) is 8. The number of nitrogens with one attached hydrogen (secondary N) is 17. The number of guanidine groups is 1. The summed E-state index contributed by atoms with van der Waals surface area (Å²) in [6, 6.07) is -17.0. The van der Waals surface area contributed by atoms with E-state index in [4.69, 9.17) is 45.9 Å². The van der Waals surface area contributed by atoms with E-state index in [0.717, 1.165) is 44.3 Å². The van der Waals surface area contributed by atoms with Gasteiger partial charge in [-0.2, -0.15) is 11.8 Å². The van der Waals surface area contributed by atoms with E-state index in [1.54, 1.807) is 11.8 Å². The molecule has 0 radical (unpaired) electrons. The fraction of sp³-hybridized carbons (Fsp3) is 0.742. The summed E-state index contributed by atoms with van der Waals surface area (Å²) in [5.74, 6) is -12.4. The van der Waals surface area contributed by atoms with Gasteiger partial charge in [0.05, 0.1) is 37.9 Å². The third kappa shape index (κ3) is 48.0. The second-order valence-corrected chi connectivity index (χ2v) is 36.6. The molecule has 4 rings (SSSR count). The highest BCUT2D eigenvalue weighted by molar-refractivity contribution is 8.00. The molecule has 4 heterocycles. The van der Waals surface area contributed by atoms with E-state index >= 15 is 0 Å². The molecule has 2 aliphatic rings. The van der Waals surface area contributed by atoms with Crippen molar-refractivity contribution >= 4 is 112 Å². The highest BCUT2D eigenvalue weighted by Crippen LogP contribution is 2.33. The molecule has 46 heteroatoms. The first-order valence-corrected chi connectivity index (χ1v) is 49.4. The minimum atomic E-state index is -1.74. The van der Waals surface area contributed by atoms with Gasteiger partial charge in [-0.05, 0) is 161 Å². The number of aliphatic imine (C=N–C) groups is 1. The second kappa shape index (κ2) is 67.4. The van der Waals surface area contributed by atoms with Crippen molar-refractivity contribution in [2.24, 2.45) is 56.8 Å². The molecule has 2 aliphatic heterocycles. The lowest BCUT2D eigenvalue weighted by Gasteiger charge is -2.28. The van der Waals surface area contributed by atoms with Gasteiger partial charge in [0.2, 0.25) is 88.6 Å². The van der Waals surface area contributed by atoms with Crippen LogP contribution in [0.5, 0.6) is 0 Å². The number of H-pyrrole nitrogens is 2. The molecule has 17 amide bonds. The number of aromatic nitrogens is 4. The molecule has 15 atom stereocenters. The van der Waals surface area contributed by atoms with Crippen LogP contribution in [0.25, 0.3) is 0 Å². The Bertz CT molecular complexity index is 3960. The lowest BCUT2D eigenvalue weighted by molar-refractivity contribution is -0.136. The number of imidazole rings is 2. The number of aliphatic hydroxyl groups excluding tert-OH is 1. The molecule has 0 bridgehead atoms. The van der Waals surface area contributed by atoms with E-state index in [0.29, 0.717) is 70.0 Å². The zero-order valence-electron chi connectivity index (χ0n) is 79.4. The van der Waals surface area contributed by atoms with E-state index in [1.807, 2.05) is 13.8 Å². The molecule has 0 aliphatic carbocycles. The molecular weight excluding hydrogens is 1770 g/mol. The first-order chi connectivity index (χ1) is 64.7. The maximum absolute atomic E-state index is 14.8. The van der Waals surface area contributed by atoms with Crippen LogP contribution in [0.1, 0.15) is 270 Å². The minimum absolute atomic E-state index is 0.00678. The Kier molecular flexibility index (Phi) is 58.1. The Labute approximate surface area is 796 Å². The lowest BCUT2D eigenvalue weighted by Crippen LogP contribution is -2.60. The van der Waals surface area contributed by atoms with Crippen molar-refractivity contribution in [3.8, 4) is 0 Å². The van der Waals surface area contributed by atoms with Crippen LogP contribution in [0.2, 0.25) is 0 Å². The molecule has 34 N–H and O–H groups in total. The van der Waals surface area contributed by atoms with Crippen LogP contribution in [0.4, 0.5) is 4.79 Å². The van der Waals surface area contributed by atoms with Gasteiger partial charge in [-0.15, -0.1) is 0 Å². The summed E-state index contributed by atoms with van der Waals surface area (Å²) >= 11 is 1.77. The predicted molar refractivity (Wildman–Crippen MR) is 511 cm³/mol. The fourth-order valence-corrected chi connectivity index (χ4v) is 17.2. The number of nitrogens with zero attached hydrogens (tertiary/aromatic N) is 3. The van der Waals surface area contributed by atoms with Crippen molar-refractivity contribution < 1.29 is 81.8 Å². The number of aromatic amines is 2. The van der Waals surface area contributed by atoms with Crippen LogP contribution < -0.4 is 126 Å². The number of thioether (sulfide) groups is 1. The zero-order chi connectivity index (χ0) is 99.4. The van der Waals surface area contributed by atoms with Gasteiger partial charge in [-0.3, -0.25) is 76.9 Å². The van der Waals surface area contributed by atoms with Gasteiger partial charge in [0.1, 0.15) is 72.5 Å². The number of carbonyl (C=O) groups excluding carboxylic acids is 16. The standard InChI is InChI=1S/C89H158N28O17S/c1-5-6-7-8-9-10-11-12-13-14-15-16-17-18-31-61(105-73(120)37-20-19-36-71-75-70(52-135-71)116-89(134)117-75)80(126)114-68(47-58-49-99-54-103-58)86(132)115-69(51-118)87(133)108-60(32-22-26-41-91)78(124)101-50-74(121)106-67(46-57-48-98-53-102-57)85(131)112-65(38-39-72(94)119)83(129)110-63(34-24-28-43-93)81(127)111-64(35-29-44-100-88(96)97)82(128)109-62(33-23-27-42-92)79(125)104-56(4)77(123)113-66(45-55(2)3)84(130)107-59(76(95)122)30-21-25-40-90/h48-49,53-56,59-71,75,118H,5-47,50-52,90-93H2,1-4H3,(H2,94,119)(H2,95,122)(H,98,102)(H,99,103)(H,101,124)(H,104,125)(H,105,120)(H,106,121)(H,107,130)(H,108,133)(H,109,128)(H,110,129)(H,111,127)(H,112,131)(H,113,123)(H,114,126)(H,115,132)(H4,96,97,100)(H2,116,117,134)/t56-,59-,60-,61?,62-,63-,64-,65-,66-,67-,68-,69-,70-,71-,75-/m0/s1. The van der Waals surface area contributed by atoms with Gasteiger partial charge in [0, 0.05) is 67.0 Å². The van der Waals surface area contributed by atoms with Gasteiger partial charge in [-0.1, -0.05) is 117 Å². The average Bonchev–Trinajstić information content (AvgIpc) is 1.66. The Morgan fingerprint density at radius 3 is 1.26 bits per heavy atom. The number of unbranched alkanes of at least 4 members (excludes halogenated alkanes) is 18. The largest absolute Gasteiger partial charge is 0.394 e. The summed E-state index contributed by atoms with van der Waals surface area (Å²) in [6.07, 6.45) is 24.7. The van der Waals surface area contributed by atoms with Crippen molar-refractivity contribution in [1.29, 1.82) is 0 Å². The monoisotopic (exact) mass is 1920 g/mol. The zero-order valence-corrected chi connectivity index (χ0v) is 80.2. The molecule has 1 unspecified atom stereocenters. The van der Waals surface area contributed by atoms with E-state index in [9.17, 15) is 81.8 Å². The van der Waals surface area contributed by atoms with Crippen LogP contribution in [0.3, 0.4) is 0 Å². The highest BCUT2D eigenvalue weighted by atomic mass is 32.2. The van der Waals surface area contributed by atoms with Gasteiger partial charge in [0.25, 0.3) is 0 Å². The molecule has 2 saturated heterocycles. The summed E-state index contributed by atoms with van der Waals surface area (Å²) in [6.45, 7) is 6.19. The summed E-state index contributed by atoms with van der Waals surface area (Å²) in [7, 11) is 0. The number of amides is 17. The maximum atomic E-state index is 14.8. The van der Waals surface area contributed by atoms with E-state index in [1.165, 1.54) is 83.3 Å². The molecule has 2 aromatic rings. The van der Waals surface area contributed by atoms with Crippen molar-refractivity contribution in [3.63, 3.8) is 0 Å². The number of hydrogen-bond donors (Lipinski definition) is 26. The number of carbonyl (C=O) groups is 16. The van der Waals surface area contributed by atoms with Crippen LogP contribution in [-0.4, -0.2) is 267 Å². The first kappa shape index (κ1) is 116. The molecule has 0 saturated carbocycles. The predicted octanol–water partition coefficient (Wildman–Crippen LogP) is -2.17. The van der Waals surface area contributed by atoms with E-state index in [2.05, 4.69) is 112 Å². The van der Waals surface area contributed by atoms with Crippen LogP contribution in [0.15, 0.2) is 30.0 Å². The topological polar surface area (TPSA) is 752 Å². The maximum Gasteiger partial charge on any atom is 0.315 e. The molecule has 2 aromatic heterocycles. The third-order valence-electron chi connectivity index (χ3n) is 23.4. The Balaban J connectivity index is 1.52. The first-order valence-electron chi connectivity index (χ1n) is 48.3. The van der Waals surface area contributed by atoms with Crippen molar-refractivity contribution in [2.75, 3.05) is 51.6 Å². The van der Waals surface area contributed by atoms with Crippen LogP contribution in [-0.2, 0) is 84.8 Å². The van der Waals surface area contributed by atoms with Crippen molar-refractivity contribution in [3.05, 3.63) is 36.4 Å². The van der Waals surface area contributed by atoms with E-state index < -0.39 is 181 Å². The average molecular weight is 1920 g/mol. The second-order valence-electron chi connectivity index (χ2n) is 35.4. The van der Waals surface area contributed by atoms with Crippen molar-refractivity contribution in [2.45, 2.75) is 362 Å². The number of rotatable bonds is 76. The number of aliphatic hydroxyl groups is 1. The minimum Gasteiger partial charge on any atom is -0.394 e. The molecule has 45 nitrogen and oxygen atoms in total. The molecule has 762 valence electrons. The quantitative estimate of drug-likeness (QED) is 0.0145. The summed E-state index contributed by atoms with van der Waals surface area (Å²) in [5.41, 5.74) is 46.3. The summed E-state index contributed by atoms with van der Waals surface area (Å²) in [5, 5.41) is 51.1. The Morgan fingerprint density at radius 1 is 0.422 bits per heavy atom. The number of primary amides is 2. The Hall–Kier alpha value is -10.8. The van der Waals surface area contributed by atoms with Gasteiger partial charge >= 0.3 is 6.03 Å². The van der Waals surface area contributed by atoms with Crippen molar-refractivity contribution in [1.82, 2.24) is 99.7 Å². The third-order valence-corrected chi connectivity index (χ3v) is 24.9. The number of urea groups is 1. The SMILES string of the molecule is CCCCCCCCCCCCCCCCC(NC(=O)CCCC[C@@H]1SC[C@@H]2NC(=O)N[C@@H]21)C(=O)N[C@@H](Cc1cnc[nH]1)C(=O)N[C@@H](CO)C(=O)N[C@@H](CCCCN)C(=O)NCC(=O)N[C@@H](Cc1cnc[nH]1)C(=O)N[C@@H](CCC(N)=O)C(=O)N[C@@H](CCCCN)C(=O)N[C@@H](CCCN=C(N)N)C(=O)N[C@@H](CCCCN)C(=O)N[C@@H](C)C(=O)N[C@@H](CC(C)C)C(=O)N[C@@H](CCCCN)C(N)=O. The van der Waals surface area contributed by atoms with E-state index in [-0.39, 0.29) is 156 Å². The molecule has 0 spiro atoms. The van der Waals surface area contributed by atoms with Gasteiger partial charge < -0.3 is 141 Å².